The molecule has 0 bridgehead atoms. The van der Waals surface area contributed by atoms with Crippen LogP contribution in [0.3, 0.4) is 0 Å². The summed E-state index contributed by atoms with van der Waals surface area (Å²) in [4.78, 5) is 5.08. The third-order valence-electron chi connectivity index (χ3n) is 4.28. The molecule has 0 spiro atoms. The number of likely N-dealkylation sites (N-methyl/N-ethyl adjacent to an activating group) is 1. The highest BCUT2D eigenvalue weighted by atomic mass is 15.2. The van der Waals surface area contributed by atoms with Gasteiger partial charge in [-0.3, -0.25) is 0 Å². The third kappa shape index (κ3) is 4.94. The smallest absolute Gasteiger partial charge is 0.0110 e. The Hall–Kier alpha value is -0.120. The monoisotopic (exact) mass is 239 g/mol. The summed E-state index contributed by atoms with van der Waals surface area (Å²) in [6.07, 6.45) is 8.47. The van der Waals surface area contributed by atoms with Crippen LogP contribution in [0.5, 0.6) is 0 Å². The third-order valence-corrected chi connectivity index (χ3v) is 4.28. The molecule has 0 aromatic carbocycles. The van der Waals surface area contributed by atoms with Crippen LogP contribution in [0, 0.1) is 0 Å². The summed E-state index contributed by atoms with van der Waals surface area (Å²) in [7, 11) is 2.24. The molecule has 1 saturated heterocycles. The van der Waals surface area contributed by atoms with Crippen LogP contribution in [0.2, 0.25) is 0 Å². The largest absolute Gasteiger partial charge is 0.313 e. The fourth-order valence-corrected chi connectivity index (χ4v) is 3.06. The predicted octanol–water partition coefficient (Wildman–Crippen LogP) is 1.55. The van der Waals surface area contributed by atoms with Crippen LogP contribution in [0.15, 0.2) is 0 Å². The zero-order chi connectivity index (χ0) is 11.9. The van der Waals surface area contributed by atoms with Crippen molar-refractivity contribution in [3.63, 3.8) is 0 Å². The SMILES string of the molecule is CN1CCCN(CCNC2CCCCC2)CC1. The van der Waals surface area contributed by atoms with Crippen molar-refractivity contribution in [3.05, 3.63) is 0 Å². The minimum atomic E-state index is 0.818. The van der Waals surface area contributed by atoms with Crippen molar-refractivity contribution in [2.45, 2.75) is 44.6 Å². The van der Waals surface area contributed by atoms with Crippen LogP contribution in [0.25, 0.3) is 0 Å². The van der Waals surface area contributed by atoms with Gasteiger partial charge >= 0.3 is 0 Å². The quantitative estimate of drug-likeness (QED) is 0.803. The Balaban J connectivity index is 1.57. The molecule has 0 atom stereocenters. The summed E-state index contributed by atoms with van der Waals surface area (Å²) in [5, 5.41) is 3.75. The van der Waals surface area contributed by atoms with Crippen molar-refractivity contribution in [2.24, 2.45) is 0 Å². The Labute approximate surface area is 107 Å². The zero-order valence-electron chi connectivity index (χ0n) is 11.5. The summed E-state index contributed by atoms with van der Waals surface area (Å²) in [6, 6.07) is 0.818. The molecule has 100 valence electrons. The molecule has 2 aliphatic rings. The second kappa shape index (κ2) is 7.34. The lowest BCUT2D eigenvalue weighted by molar-refractivity contribution is 0.265. The lowest BCUT2D eigenvalue weighted by atomic mass is 9.95. The summed E-state index contributed by atoms with van der Waals surface area (Å²) in [6.45, 7) is 7.48. The molecule has 2 rings (SSSR count). The molecule has 0 radical (unpaired) electrons. The molecule has 2 fully saturated rings. The van der Waals surface area contributed by atoms with E-state index in [1.807, 2.05) is 0 Å². The molecule has 3 nitrogen and oxygen atoms in total. The van der Waals surface area contributed by atoms with Gasteiger partial charge in [-0.2, -0.15) is 0 Å². The molecule has 17 heavy (non-hydrogen) atoms. The van der Waals surface area contributed by atoms with Crippen molar-refractivity contribution in [2.75, 3.05) is 46.3 Å². The van der Waals surface area contributed by atoms with Crippen LogP contribution in [-0.2, 0) is 0 Å². The number of nitrogens with one attached hydrogen (secondary N) is 1. The second-order valence-corrected chi connectivity index (χ2v) is 5.79. The number of rotatable bonds is 4. The Morgan fingerprint density at radius 2 is 1.76 bits per heavy atom. The highest BCUT2D eigenvalue weighted by Crippen LogP contribution is 2.17. The van der Waals surface area contributed by atoms with Gasteiger partial charge in [0.15, 0.2) is 0 Å². The van der Waals surface area contributed by atoms with E-state index in [1.165, 1.54) is 77.8 Å². The molecule has 0 aromatic rings. The van der Waals surface area contributed by atoms with E-state index in [-0.39, 0.29) is 0 Å². The first-order chi connectivity index (χ1) is 8.34. The minimum absolute atomic E-state index is 0.818. The van der Waals surface area contributed by atoms with Crippen LogP contribution >= 0.6 is 0 Å². The van der Waals surface area contributed by atoms with Crippen molar-refractivity contribution in [3.8, 4) is 0 Å². The van der Waals surface area contributed by atoms with Crippen molar-refractivity contribution < 1.29 is 0 Å². The zero-order valence-corrected chi connectivity index (χ0v) is 11.5. The van der Waals surface area contributed by atoms with Crippen LogP contribution in [-0.4, -0.2) is 62.2 Å². The minimum Gasteiger partial charge on any atom is -0.313 e. The van der Waals surface area contributed by atoms with Crippen molar-refractivity contribution >= 4 is 0 Å². The van der Waals surface area contributed by atoms with Gasteiger partial charge in [-0.1, -0.05) is 19.3 Å². The van der Waals surface area contributed by atoms with Gasteiger partial charge in [-0.15, -0.1) is 0 Å². The van der Waals surface area contributed by atoms with Gasteiger partial charge in [0.05, 0.1) is 0 Å². The maximum absolute atomic E-state index is 3.75. The standard InChI is InChI=1S/C14H29N3/c1-16-9-5-10-17(13-12-16)11-8-15-14-6-3-2-4-7-14/h14-15H,2-13H2,1H3. The summed E-state index contributed by atoms with van der Waals surface area (Å²) < 4.78 is 0. The summed E-state index contributed by atoms with van der Waals surface area (Å²) in [5.74, 6) is 0. The highest BCUT2D eigenvalue weighted by Gasteiger charge is 2.14. The first-order valence-electron chi connectivity index (χ1n) is 7.49. The Bertz CT molecular complexity index is 202. The first kappa shape index (κ1) is 13.3. The number of hydrogen-bond acceptors (Lipinski definition) is 3. The summed E-state index contributed by atoms with van der Waals surface area (Å²) >= 11 is 0. The molecule has 0 amide bonds. The van der Waals surface area contributed by atoms with Crippen LogP contribution in [0.4, 0.5) is 0 Å². The molecular formula is C14H29N3. The predicted molar refractivity (Wildman–Crippen MR) is 73.4 cm³/mol. The average Bonchev–Trinajstić information content (AvgIpc) is 2.56. The Morgan fingerprint density at radius 3 is 2.59 bits per heavy atom. The Kier molecular flexibility index (Phi) is 5.75. The molecule has 0 aromatic heterocycles. The first-order valence-corrected chi connectivity index (χ1v) is 7.49. The fraction of sp³-hybridized carbons (Fsp3) is 1.00. The highest BCUT2D eigenvalue weighted by molar-refractivity contribution is 4.73. The van der Waals surface area contributed by atoms with Crippen LogP contribution in [0.1, 0.15) is 38.5 Å². The molecule has 1 heterocycles. The van der Waals surface area contributed by atoms with Crippen molar-refractivity contribution in [1.29, 1.82) is 0 Å². The average molecular weight is 239 g/mol. The van der Waals surface area contributed by atoms with E-state index in [1.54, 1.807) is 0 Å². The molecule has 0 unspecified atom stereocenters. The van der Waals surface area contributed by atoms with Crippen molar-refractivity contribution in [1.82, 2.24) is 15.1 Å². The van der Waals surface area contributed by atoms with Gasteiger partial charge in [-0.25, -0.2) is 0 Å². The summed E-state index contributed by atoms with van der Waals surface area (Å²) in [5.41, 5.74) is 0. The molecule has 1 N–H and O–H groups in total. The van der Waals surface area contributed by atoms with Gasteiger partial charge in [0.1, 0.15) is 0 Å². The van der Waals surface area contributed by atoms with E-state index < -0.39 is 0 Å². The molecule has 1 aliphatic heterocycles. The fourth-order valence-electron chi connectivity index (χ4n) is 3.06. The van der Waals surface area contributed by atoms with Gasteiger partial charge in [0, 0.05) is 32.2 Å². The van der Waals surface area contributed by atoms with E-state index in [0.29, 0.717) is 0 Å². The van der Waals surface area contributed by atoms with Gasteiger partial charge < -0.3 is 15.1 Å². The number of nitrogens with zero attached hydrogens (tertiary/aromatic N) is 2. The lowest BCUT2D eigenvalue weighted by Gasteiger charge is -2.25. The maximum Gasteiger partial charge on any atom is 0.0110 e. The molecule has 1 saturated carbocycles. The second-order valence-electron chi connectivity index (χ2n) is 5.79. The van der Waals surface area contributed by atoms with E-state index in [9.17, 15) is 0 Å². The molecule has 3 heteroatoms. The van der Waals surface area contributed by atoms with Gasteiger partial charge in [-0.05, 0) is 39.4 Å². The topological polar surface area (TPSA) is 18.5 Å². The maximum atomic E-state index is 3.75. The lowest BCUT2D eigenvalue weighted by Crippen LogP contribution is -2.39. The normalized spacial score (nSPS) is 25.9. The van der Waals surface area contributed by atoms with Gasteiger partial charge in [0.2, 0.25) is 0 Å². The molecule has 1 aliphatic carbocycles. The van der Waals surface area contributed by atoms with Crippen LogP contribution < -0.4 is 5.32 Å². The van der Waals surface area contributed by atoms with E-state index in [0.717, 1.165) is 6.04 Å². The van der Waals surface area contributed by atoms with E-state index in [2.05, 4.69) is 22.2 Å². The molecular weight excluding hydrogens is 210 g/mol. The Morgan fingerprint density at radius 1 is 0.941 bits per heavy atom. The van der Waals surface area contributed by atoms with Gasteiger partial charge in [0.25, 0.3) is 0 Å². The number of hydrogen-bond donors (Lipinski definition) is 1. The van der Waals surface area contributed by atoms with E-state index in [4.69, 9.17) is 0 Å². The van der Waals surface area contributed by atoms with E-state index >= 15 is 0 Å².